The van der Waals surface area contributed by atoms with E-state index in [4.69, 9.17) is 0 Å². The summed E-state index contributed by atoms with van der Waals surface area (Å²) >= 11 is 1.61. The van der Waals surface area contributed by atoms with Crippen molar-refractivity contribution < 1.29 is 4.79 Å². The van der Waals surface area contributed by atoms with Crippen molar-refractivity contribution >= 4 is 23.4 Å². The van der Waals surface area contributed by atoms with Crippen LogP contribution in [0.1, 0.15) is 22.6 Å². The molecular weight excluding hydrogens is 408 g/mol. The maximum atomic E-state index is 13.2. The number of hydrogen-bond acceptors (Lipinski definition) is 5. The van der Waals surface area contributed by atoms with Gasteiger partial charge in [-0.15, -0.1) is 11.8 Å². The zero-order chi connectivity index (χ0) is 21.8. The molecule has 3 aromatic rings. The first-order chi connectivity index (χ1) is 15.0. The Labute approximate surface area is 186 Å². The van der Waals surface area contributed by atoms with E-state index in [1.165, 1.54) is 10.1 Å². The molecule has 0 radical (unpaired) electrons. The standard InChI is InChI=1S/C24H26N4O2S/c1-17-25-22-11-12-27(14-18-7-4-3-5-8-18)15-21(22)24(30)28(17)16-23(29)26-19-9-6-10-20(13-19)31-2/h3-10,13H,11-12,14-16H2,1-2H3,(H,26,29). The molecule has 7 heteroatoms. The Morgan fingerprint density at radius 3 is 2.74 bits per heavy atom. The fourth-order valence-corrected chi connectivity index (χ4v) is 4.36. The molecule has 1 N–H and O–H groups in total. The zero-order valence-electron chi connectivity index (χ0n) is 17.8. The van der Waals surface area contributed by atoms with Crippen LogP contribution in [0.15, 0.2) is 64.3 Å². The van der Waals surface area contributed by atoms with Crippen LogP contribution in [0.5, 0.6) is 0 Å². The van der Waals surface area contributed by atoms with Crippen LogP contribution in [0.3, 0.4) is 0 Å². The first-order valence-corrected chi connectivity index (χ1v) is 11.6. The number of amides is 1. The van der Waals surface area contributed by atoms with Crippen LogP contribution in [-0.2, 0) is 30.8 Å². The van der Waals surface area contributed by atoms with Crippen molar-refractivity contribution in [2.75, 3.05) is 18.1 Å². The molecule has 31 heavy (non-hydrogen) atoms. The summed E-state index contributed by atoms with van der Waals surface area (Å²) in [6.45, 7) is 3.95. The van der Waals surface area contributed by atoms with Gasteiger partial charge in [-0.1, -0.05) is 36.4 Å². The minimum absolute atomic E-state index is 0.0485. The first kappa shape index (κ1) is 21.3. The summed E-state index contributed by atoms with van der Waals surface area (Å²) in [5.74, 6) is 0.343. The summed E-state index contributed by atoms with van der Waals surface area (Å²) in [5.41, 5.74) is 3.38. The number of aryl methyl sites for hydroxylation is 1. The predicted octanol–water partition coefficient (Wildman–Crippen LogP) is 3.47. The van der Waals surface area contributed by atoms with Gasteiger partial charge in [-0.2, -0.15) is 0 Å². The first-order valence-electron chi connectivity index (χ1n) is 10.3. The molecule has 0 unspecified atom stereocenters. The van der Waals surface area contributed by atoms with Gasteiger partial charge in [-0.3, -0.25) is 19.1 Å². The van der Waals surface area contributed by atoms with Crippen molar-refractivity contribution in [1.29, 1.82) is 0 Å². The van der Waals surface area contributed by atoms with Crippen LogP contribution in [0.2, 0.25) is 0 Å². The molecule has 0 aliphatic carbocycles. The maximum absolute atomic E-state index is 13.2. The third kappa shape index (κ3) is 5.06. The van der Waals surface area contributed by atoms with Gasteiger partial charge in [0.05, 0.1) is 11.3 Å². The number of rotatable bonds is 6. The molecule has 1 amide bonds. The van der Waals surface area contributed by atoms with Gasteiger partial charge in [0.1, 0.15) is 12.4 Å². The fraction of sp³-hybridized carbons (Fsp3) is 0.292. The molecule has 160 valence electrons. The smallest absolute Gasteiger partial charge is 0.258 e. The lowest BCUT2D eigenvalue weighted by molar-refractivity contribution is -0.116. The third-order valence-corrected chi connectivity index (χ3v) is 6.22. The molecule has 0 saturated carbocycles. The van der Waals surface area contributed by atoms with Crippen molar-refractivity contribution in [1.82, 2.24) is 14.5 Å². The van der Waals surface area contributed by atoms with E-state index < -0.39 is 0 Å². The molecule has 0 atom stereocenters. The van der Waals surface area contributed by atoms with Gasteiger partial charge in [-0.25, -0.2) is 4.98 Å². The average Bonchev–Trinajstić information content (AvgIpc) is 2.78. The Balaban J connectivity index is 1.51. The number of hydrogen-bond donors (Lipinski definition) is 1. The maximum Gasteiger partial charge on any atom is 0.258 e. The second-order valence-electron chi connectivity index (χ2n) is 7.70. The zero-order valence-corrected chi connectivity index (χ0v) is 18.6. The van der Waals surface area contributed by atoms with Crippen molar-refractivity contribution in [3.8, 4) is 0 Å². The van der Waals surface area contributed by atoms with E-state index in [-0.39, 0.29) is 18.0 Å². The summed E-state index contributed by atoms with van der Waals surface area (Å²) < 4.78 is 1.48. The Morgan fingerprint density at radius 2 is 1.97 bits per heavy atom. The largest absolute Gasteiger partial charge is 0.324 e. The van der Waals surface area contributed by atoms with Crippen LogP contribution >= 0.6 is 11.8 Å². The lowest BCUT2D eigenvalue weighted by Crippen LogP contribution is -2.39. The molecule has 1 aromatic heterocycles. The van der Waals surface area contributed by atoms with Crippen LogP contribution in [0.25, 0.3) is 0 Å². The highest BCUT2D eigenvalue weighted by Gasteiger charge is 2.23. The SMILES string of the molecule is CSc1cccc(NC(=O)Cn2c(C)nc3c(c2=O)CN(Cc2ccccc2)CC3)c1. The lowest BCUT2D eigenvalue weighted by Gasteiger charge is -2.28. The van der Waals surface area contributed by atoms with Gasteiger partial charge in [-0.05, 0) is 36.9 Å². The topological polar surface area (TPSA) is 67.2 Å². The second kappa shape index (κ2) is 9.49. The predicted molar refractivity (Wildman–Crippen MR) is 124 cm³/mol. The molecule has 0 spiro atoms. The summed E-state index contributed by atoms with van der Waals surface area (Å²) in [7, 11) is 0. The summed E-state index contributed by atoms with van der Waals surface area (Å²) in [6.07, 6.45) is 2.73. The normalized spacial score (nSPS) is 13.6. The van der Waals surface area contributed by atoms with E-state index in [1.807, 2.05) is 48.7 Å². The van der Waals surface area contributed by atoms with Crippen molar-refractivity contribution in [3.05, 3.63) is 87.6 Å². The molecule has 1 aliphatic heterocycles. The number of fused-ring (bicyclic) bond motifs is 1. The summed E-state index contributed by atoms with van der Waals surface area (Å²) in [6, 6.07) is 17.9. The molecule has 1 aliphatic rings. The van der Waals surface area contributed by atoms with Gasteiger partial charge in [0.15, 0.2) is 0 Å². The van der Waals surface area contributed by atoms with Crippen LogP contribution in [-0.4, -0.2) is 33.2 Å². The Hall–Kier alpha value is -2.90. The lowest BCUT2D eigenvalue weighted by atomic mass is 10.1. The monoisotopic (exact) mass is 434 g/mol. The molecule has 4 rings (SSSR count). The van der Waals surface area contributed by atoms with Crippen LogP contribution in [0, 0.1) is 6.92 Å². The Kier molecular flexibility index (Phi) is 6.53. The molecular formula is C24H26N4O2S. The number of aromatic nitrogens is 2. The van der Waals surface area contributed by atoms with E-state index in [2.05, 4.69) is 27.3 Å². The highest BCUT2D eigenvalue weighted by molar-refractivity contribution is 7.98. The van der Waals surface area contributed by atoms with E-state index in [9.17, 15) is 9.59 Å². The quantitative estimate of drug-likeness (QED) is 0.602. The molecule has 2 heterocycles. The van der Waals surface area contributed by atoms with Gasteiger partial charge in [0, 0.05) is 36.6 Å². The van der Waals surface area contributed by atoms with E-state index >= 15 is 0 Å². The van der Waals surface area contributed by atoms with E-state index in [0.717, 1.165) is 35.8 Å². The molecule has 0 saturated heterocycles. The van der Waals surface area contributed by atoms with E-state index in [1.54, 1.807) is 18.7 Å². The molecule has 2 aromatic carbocycles. The van der Waals surface area contributed by atoms with Gasteiger partial charge >= 0.3 is 0 Å². The number of nitrogens with zero attached hydrogens (tertiary/aromatic N) is 3. The van der Waals surface area contributed by atoms with Gasteiger partial charge in [0.2, 0.25) is 5.91 Å². The molecule has 6 nitrogen and oxygen atoms in total. The summed E-state index contributed by atoms with van der Waals surface area (Å²) in [5, 5.41) is 2.89. The Bertz CT molecular complexity index is 1140. The second-order valence-corrected chi connectivity index (χ2v) is 8.58. The van der Waals surface area contributed by atoms with Gasteiger partial charge in [0.25, 0.3) is 5.56 Å². The number of carbonyl (C=O) groups excluding carboxylic acids is 1. The number of nitrogens with one attached hydrogen (secondary N) is 1. The molecule has 0 bridgehead atoms. The highest BCUT2D eigenvalue weighted by Crippen LogP contribution is 2.19. The molecule has 0 fully saturated rings. The third-order valence-electron chi connectivity index (χ3n) is 5.49. The van der Waals surface area contributed by atoms with Crippen molar-refractivity contribution in [2.45, 2.75) is 37.9 Å². The van der Waals surface area contributed by atoms with Crippen LogP contribution in [0.4, 0.5) is 5.69 Å². The summed E-state index contributed by atoms with van der Waals surface area (Å²) in [4.78, 5) is 33.9. The van der Waals surface area contributed by atoms with Crippen molar-refractivity contribution in [2.24, 2.45) is 0 Å². The Morgan fingerprint density at radius 1 is 1.16 bits per heavy atom. The minimum atomic E-state index is -0.234. The minimum Gasteiger partial charge on any atom is -0.324 e. The number of carbonyl (C=O) groups is 1. The fourth-order valence-electron chi connectivity index (χ4n) is 3.90. The number of benzene rings is 2. The number of anilines is 1. The number of thioether (sulfide) groups is 1. The average molecular weight is 435 g/mol. The van der Waals surface area contributed by atoms with Crippen LogP contribution < -0.4 is 10.9 Å². The van der Waals surface area contributed by atoms with E-state index in [0.29, 0.717) is 17.9 Å². The highest BCUT2D eigenvalue weighted by atomic mass is 32.2. The van der Waals surface area contributed by atoms with Crippen molar-refractivity contribution in [3.63, 3.8) is 0 Å². The van der Waals surface area contributed by atoms with Gasteiger partial charge < -0.3 is 5.32 Å².